The molecule has 1 aromatic heterocycles. The van der Waals surface area contributed by atoms with E-state index in [1.165, 1.54) is 30.6 Å². The van der Waals surface area contributed by atoms with Gasteiger partial charge in [-0.2, -0.15) is 0 Å². The van der Waals surface area contributed by atoms with Crippen molar-refractivity contribution in [1.29, 1.82) is 0 Å². The molecule has 2 N–H and O–H groups in total. The van der Waals surface area contributed by atoms with Crippen LogP contribution in [0.15, 0.2) is 5.38 Å². The topological polar surface area (TPSA) is 57.3 Å². The Kier molecular flexibility index (Phi) is 5.94. The van der Waals surface area contributed by atoms with E-state index in [2.05, 4.69) is 20.5 Å². The largest absolute Gasteiger partial charge is 0.320 e. The van der Waals surface area contributed by atoms with Crippen molar-refractivity contribution in [3.05, 3.63) is 11.1 Å². The molecule has 1 saturated heterocycles. The Morgan fingerprint density at radius 2 is 2.40 bits per heavy atom. The van der Waals surface area contributed by atoms with Gasteiger partial charge >= 0.3 is 0 Å². The van der Waals surface area contributed by atoms with E-state index in [-0.39, 0.29) is 5.91 Å². The highest BCUT2D eigenvalue weighted by molar-refractivity contribution is 7.13. The van der Waals surface area contributed by atoms with Gasteiger partial charge in [0.25, 0.3) is 0 Å². The van der Waals surface area contributed by atoms with Crippen molar-refractivity contribution in [2.24, 2.45) is 0 Å². The summed E-state index contributed by atoms with van der Waals surface area (Å²) in [6, 6.07) is 0.528. The van der Waals surface area contributed by atoms with E-state index >= 15 is 0 Å². The molecule has 0 saturated carbocycles. The molecule has 1 aliphatic heterocycles. The van der Waals surface area contributed by atoms with Gasteiger partial charge in [-0.25, -0.2) is 4.98 Å². The van der Waals surface area contributed by atoms with E-state index in [0.717, 1.165) is 25.2 Å². The van der Waals surface area contributed by atoms with Gasteiger partial charge in [-0.05, 0) is 46.3 Å². The number of likely N-dealkylation sites (tertiary alicyclic amines) is 1. The van der Waals surface area contributed by atoms with Crippen LogP contribution in [0.4, 0.5) is 5.13 Å². The monoisotopic (exact) mass is 296 g/mol. The molecular formula is C14H24N4OS. The maximum Gasteiger partial charge on any atom is 0.240 e. The van der Waals surface area contributed by atoms with Gasteiger partial charge in [-0.1, -0.05) is 6.42 Å². The predicted octanol–water partition coefficient (Wildman–Crippen LogP) is 1.85. The summed E-state index contributed by atoms with van der Waals surface area (Å²) in [7, 11) is 1.98. The number of piperidine rings is 1. The number of hydrogen-bond donors (Lipinski definition) is 2. The van der Waals surface area contributed by atoms with Crippen LogP contribution in [0.25, 0.3) is 0 Å². The number of carbonyl (C=O) groups excluding carboxylic acids is 1. The third-order valence-corrected chi connectivity index (χ3v) is 4.56. The number of nitrogens with zero attached hydrogens (tertiary/aromatic N) is 2. The molecule has 0 aromatic carbocycles. The first-order valence-corrected chi connectivity index (χ1v) is 8.17. The fraction of sp³-hybridized carbons (Fsp3) is 0.714. The van der Waals surface area contributed by atoms with Crippen LogP contribution in [-0.4, -0.2) is 48.5 Å². The van der Waals surface area contributed by atoms with E-state index < -0.39 is 0 Å². The van der Waals surface area contributed by atoms with Crippen LogP contribution < -0.4 is 10.6 Å². The standard InChI is InChI=1S/C14H24N4OS/c1-11-10-20-14(16-11)17-13(19)9-18-8-4-3-5-12(18)6-7-15-2/h10,12,15H,3-9H2,1-2H3,(H,16,17,19). The Hall–Kier alpha value is -0.980. The number of hydrogen-bond acceptors (Lipinski definition) is 5. The zero-order chi connectivity index (χ0) is 14.4. The summed E-state index contributed by atoms with van der Waals surface area (Å²) in [5.41, 5.74) is 0.954. The molecule has 20 heavy (non-hydrogen) atoms. The molecule has 1 aromatic rings. The first-order chi connectivity index (χ1) is 9.69. The van der Waals surface area contributed by atoms with Crippen LogP contribution in [0.3, 0.4) is 0 Å². The molecular weight excluding hydrogens is 272 g/mol. The maximum absolute atomic E-state index is 12.1. The summed E-state index contributed by atoms with van der Waals surface area (Å²) in [6.07, 6.45) is 4.78. The molecule has 0 bridgehead atoms. The maximum atomic E-state index is 12.1. The molecule has 1 amide bonds. The molecule has 0 radical (unpaired) electrons. The average Bonchev–Trinajstić information content (AvgIpc) is 2.83. The van der Waals surface area contributed by atoms with Gasteiger partial charge in [0, 0.05) is 11.4 Å². The molecule has 2 rings (SSSR count). The number of carbonyl (C=O) groups is 1. The van der Waals surface area contributed by atoms with Crippen LogP contribution in [0.2, 0.25) is 0 Å². The number of rotatable bonds is 6. The minimum Gasteiger partial charge on any atom is -0.320 e. The predicted molar refractivity (Wildman–Crippen MR) is 83.2 cm³/mol. The normalized spacial score (nSPS) is 20.0. The van der Waals surface area contributed by atoms with Crippen LogP contribution in [-0.2, 0) is 4.79 Å². The minimum atomic E-state index is 0.0516. The van der Waals surface area contributed by atoms with Crippen molar-refractivity contribution in [1.82, 2.24) is 15.2 Å². The van der Waals surface area contributed by atoms with E-state index in [1.807, 2.05) is 19.4 Å². The molecule has 5 nitrogen and oxygen atoms in total. The lowest BCUT2D eigenvalue weighted by molar-refractivity contribution is -0.118. The van der Waals surface area contributed by atoms with Gasteiger partial charge in [0.05, 0.1) is 12.2 Å². The highest BCUT2D eigenvalue weighted by atomic mass is 32.1. The van der Waals surface area contributed by atoms with E-state index in [9.17, 15) is 4.79 Å². The van der Waals surface area contributed by atoms with Crippen molar-refractivity contribution in [2.45, 2.75) is 38.6 Å². The molecule has 2 heterocycles. The van der Waals surface area contributed by atoms with Crippen molar-refractivity contribution in [3.8, 4) is 0 Å². The summed E-state index contributed by atoms with van der Waals surface area (Å²) in [5.74, 6) is 0.0516. The van der Waals surface area contributed by atoms with Gasteiger partial charge < -0.3 is 10.6 Å². The molecule has 1 unspecified atom stereocenters. The molecule has 0 spiro atoms. The first kappa shape index (κ1) is 15.4. The smallest absolute Gasteiger partial charge is 0.240 e. The Balaban J connectivity index is 1.84. The van der Waals surface area contributed by atoms with Crippen molar-refractivity contribution >= 4 is 22.4 Å². The molecule has 0 aliphatic carbocycles. The van der Waals surface area contributed by atoms with E-state index in [1.54, 1.807) is 0 Å². The van der Waals surface area contributed by atoms with Crippen molar-refractivity contribution in [2.75, 3.05) is 32.0 Å². The quantitative estimate of drug-likeness (QED) is 0.841. The Bertz CT molecular complexity index is 435. The Morgan fingerprint density at radius 1 is 1.55 bits per heavy atom. The second kappa shape index (κ2) is 7.71. The average molecular weight is 296 g/mol. The fourth-order valence-electron chi connectivity index (χ4n) is 2.66. The summed E-state index contributed by atoms with van der Waals surface area (Å²) in [5, 5.41) is 8.75. The SMILES string of the molecule is CNCCC1CCCCN1CC(=O)Nc1nc(C)cs1. The van der Waals surface area contributed by atoms with Crippen LogP contribution in [0.1, 0.15) is 31.4 Å². The second-order valence-electron chi connectivity index (χ2n) is 5.35. The second-order valence-corrected chi connectivity index (χ2v) is 6.21. The molecule has 1 atom stereocenters. The molecule has 1 aliphatic rings. The number of thiazole rings is 1. The van der Waals surface area contributed by atoms with Crippen LogP contribution >= 0.6 is 11.3 Å². The summed E-state index contributed by atoms with van der Waals surface area (Å²) >= 11 is 1.48. The Labute approximate surface area is 124 Å². The van der Waals surface area contributed by atoms with Crippen LogP contribution in [0.5, 0.6) is 0 Å². The molecule has 6 heteroatoms. The van der Waals surface area contributed by atoms with Crippen molar-refractivity contribution < 1.29 is 4.79 Å². The summed E-state index contributed by atoms with van der Waals surface area (Å²) in [6.45, 7) is 4.45. The van der Waals surface area contributed by atoms with Gasteiger partial charge in [0.15, 0.2) is 5.13 Å². The summed E-state index contributed by atoms with van der Waals surface area (Å²) < 4.78 is 0. The van der Waals surface area contributed by atoms with E-state index in [4.69, 9.17) is 0 Å². The summed E-state index contributed by atoms with van der Waals surface area (Å²) in [4.78, 5) is 18.7. The van der Waals surface area contributed by atoms with Gasteiger partial charge in [-0.3, -0.25) is 9.69 Å². The van der Waals surface area contributed by atoms with E-state index in [0.29, 0.717) is 17.7 Å². The number of nitrogens with one attached hydrogen (secondary N) is 2. The van der Waals surface area contributed by atoms with Gasteiger partial charge in [-0.15, -0.1) is 11.3 Å². The first-order valence-electron chi connectivity index (χ1n) is 7.29. The lowest BCUT2D eigenvalue weighted by atomic mass is 9.99. The minimum absolute atomic E-state index is 0.0516. The zero-order valence-electron chi connectivity index (χ0n) is 12.3. The lowest BCUT2D eigenvalue weighted by Gasteiger charge is -2.35. The number of aryl methyl sites for hydroxylation is 1. The fourth-order valence-corrected chi connectivity index (χ4v) is 3.37. The van der Waals surface area contributed by atoms with Gasteiger partial charge in [0.2, 0.25) is 5.91 Å². The molecule has 1 fully saturated rings. The lowest BCUT2D eigenvalue weighted by Crippen LogP contribution is -2.44. The third-order valence-electron chi connectivity index (χ3n) is 3.69. The highest BCUT2D eigenvalue weighted by Gasteiger charge is 2.23. The highest BCUT2D eigenvalue weighted by Crippen LogP contribution is 2.20. The molecule has 112 valence electrons. The Morgan fingerprint density at radius 3 is 3.10 bits per heavy atom. The number of amides is 1. The third kappa shape index (κ3) is 4.54. The number of aromatic nitrogens is 1. The zero-order valence-corrected chi connectivity index (χ0v) is 13.1. The number of anilines is 1. The van der Waals surface area contributed by atoms with Gasteiger partial charge in [0.1, 0.15) is 0 Å². The van der Waals surface area contributed by atoms with Crippen LogP contribution in [0, 0.1) is 6.92 Å². The van der Waals surface area contributed by atoms with Crippen molar-refractivity contribution in [3.63, 3.8) is 0 Å².